The van der Waals surface area contributed by atoms with E-state index in [-0.39, 0.29) is 10.8 Å². The molecule has 92 valence electrons. The molecule has 0 heterocycles. The molecule has 2 atom stereocenters. The Bertz CT molecular complexity index is 456. The number of benzene rings is 1. The van der Waals surface area contributed by atoms with Crippen LogP contribution in [0.5, 0.6) is 0 Å². The minimum absolute atomic E-state index is 0.0257. The zero-order valence-electron chi connectivity index (χ0n) is 9.87. The van der Waals surface area contributed by atoms with Gasteiger partial charge in [-0.3, -0.25) is 4.21 Å². The van der Waals surface area contributed by atoms with Crippen molar-refractivity contribution in [3.05, 3.63) is 29.6 Å². The smallest absolute Gasteiger partial charge is 0.143 e. The van der Waals surface area contributed by atoms with Crippen molar-refractivity contribution in [3.8, 4) is 6.07 Å². The SMILES string of the molecule is CC(CCNc1cccc(F)c1C#N)S(C)=O. The van der Waals surface area contributed by atoms with Crippen LogP contribution < -0.4 is 5.32 Å². The van der Waals surface area contributed by atoms with Crippen molar-refractivity contribution < 1.29 is 8.60 Å². The van der Waals surface area contributed by atoms with Gasteiger partial charge in [0.25, 0.3) is 0 Å². The van der Waals surface area contributed by atoms with Gasteiger partial charge in [0.1, 0.15) is 17.4 Å². The summed E-state index contributed by atoms with van der Waals surface area (Å²) in [6.07, 6.45) is 2.37. The number of nitriles is 1. The van der Waals surface area contributed by atoms with Gasteiger partial charge in [-0.2, -0.15) is 5.26 Å². The lowest BCUT2D eigenvalue weighted by molar-refractivity contribution is 0.624. The molecule has 1 rings (SSSR count). The van der Waals surface area contributed by atoms with Gasteiger partial charge in [-0.25, -0.2) is 4.39 Å². The van der Waals surface area contributed by atoms with E-state index in [1.807, 2.05) is 13.0 Å². The maximum atomic E-state index is 13.3. The lowest BCUT2D eigenvalue weighted by Crippen LogP contribution is -2.15. The molecule has 1 aromatic rings. The van der Waals surface area contributed by atoms with Gasteiger partial charge >= 0.3 is 0 Å². The minimum Gasteiger partial charge on any atom is -0.384 e. The summed E-state index contributed by atoms with van der Waals surface area (Å²) in [6, 6.07) is 6.30. The van der Waals surface area contributed by atoms with Crippen LogP contribution in [0.15, 0.2) is 18.2 Å². The molecule has 0 aliphatic heterocycles. The van der Waals surface area contributed by atoms with Crippen molar-refractivity contribution in [1.29, 1.82) is 5.26 Å². The predicted octanol–water partition coefficient (Wildman–Crippen LogP) is 2.27. The van der Waals surface area contributed by atoms with Crippen LogP contribution in [0.4, 0.5) is 10.1 Å². The van der Waals surface area contributed by atoms with Crippen LogP contribution in [0.3, 0.4) is 0 Å². The van der Waals surface area contributed by atoms with Crippen molar-refractivity contribution >= 4 is 16.5 Å². The van der Waals surface area contributed by atoms with Crippen molar-refractivity contribution in [3.63, 3.8) is 0 Å². The molecule has 1 aromatic carbocycles. The van der Waals surface area contributed by atoms with E-state index in [0.29, 0.717) is 18.7 Å². The van der Waals surface area contributed by atoms with E-state index in [2.05, 4.69) is 5.32 Å². The van der Waals surface area contributed by atoms with E-state index in [4.69, 9.17) is 5.26 Å². The van der Waals surface area contributed by atoms with Crippen molar-refractivity contribution in [2.45, 2.75) is 18.6 Å². The predicted molar refractivity (Wildman–Crippen MR) is 67.8 cm³/mol. The Morgan fingerprint density at radius 2 is 2.29 bits per heavy atom. The topological polar surface area (TPSA) is 52.9 Å². The Morgan fingerprint density at radius 1 is 1.59 bits per heavy atom. The van der Waals surface area contributed by atoms with E-state index < -0.39 is 16.6 Å². The second-order valence-electron chi connectivity index (χ2n) is 3.80. The fraction of sp³-hybridized carbons (Fsp3) is 0.417. The molecule has 3 nitrogen and oxygen atoms in total. The molecule has 0 saturated heterocycles. The molecular formula is C12H15FN2OS. The van der Waals surface area contributed by atoms with Crippen LogP contribution >= 0.6 is 0 Å². The van der Waals surface area contributed by atoms with Gasteiger partial charge in [0, 0.05) is 28.9 Å². The van der Waals surface area contributed by atoms with Gasteiger partial charge in [0.05, 0.1) is 5.69 Å². The van der Waals surface area contributed by atoms with E-state index in [1.165, 1.54) is 6.07 Å². The quantitative estimate of drug-likeness (QED) is 0.877. The fourth-order valence-electron chi connectivity index (χ4n) is 1.36. The molecule has 0 spiro atoms. The summed E-state index contributed by atoms with van der Waals surface area (Å²) in [4.78, 5) is 0. The summed E-state index contributed by atoms with van der Waals surface area (Å²) >= 11 is 0. The summed E-state index contributed by atoms with van der Waals surface area (Å²) in [5, 5.41) is 11.9. The van der Waals surface area contributed by atoms with Gasteiger partial charge in [0.15, 0.2) is 0 Å². The summed E-state index contributed by atoms with van der Waals surface area (Å²) in [7, 11) is -0.859. The molecule has 0 amide bonds. The van der Waals surface area contributed by atoms with Crippen molar-refractivity contribution in [2.24, 2.45) is 0 Å². The van der Waals surface area contributed by atoms with E-state index >= 15 is 0 Å². The van der Waals surface area contributed by atoms with Gasteiger partial charge in [0.2, 0.25) is 0 Å². The standard InChI is InChI=1S/C12H15FN2OS/c1-9(17(2)16)6-7-15-12-5-3-4-11(13)10(12)8-14/h3-5,9,15H,6-7H2,1-2H3. The van der Waals surface area contributed by atoms with Gasteiger partial charge in [-0.05, 0) is 18.6 Å². The molecule has 17 heavy (non-hydrogen) atoms. The summed E-state index contributed by atoms with van der Waals surface area (Å²) < 4.78 is 24.4. The van der Waals surface area contributed by atoms with Crippen LogP contribution in [0.1, 0.15) is 18.9 Å². The number of rotatable bonds is 5. The average molecular weight is 254 g/mol. The third kappa shape index (κ3) is 3.82. The lowest BCUT2D eigenvalue weighted by atomic mass is 10.2. The summed E-state index contributed by atoms with van der Waals surface area (Å²) in [5.74, 6) is -0.524. The zero-order chi connectivity index (χ0) is 12.8. The largest absolute Gasteiger partial charge is 0.384 e. The molecule has 1 N–H and O–H groups in total. The second kappa shape index (κ2) is 6.36. The Morgan fingerprint density at radius 3 is 2.88 bits per heavy atom. The van der Waals surface area contributed by atoms with Crippen molar-refractivity contribution in [2.75, 3.05) is 18.1 Å². The number of anilines is 1. The maximum absolute atomic E-state index is 13.3. The van der Waals surface area contributed by atoms with Gasteiger partial charge in [-0.1, -0.05) is 13.0 Å². The number of nitrogens with zero attached hydrogens (tertiary/aromatic N) is 1. The molecule has 0 saturated carbocycles. The molecule has 0 radical (unpaired) electrons. The van der Waals surface area contributed by atoms with E-state index in [0.717, 1.165) is 0 Å². The number of hydrogen-bond donors (Lipinski definition) is 1. The first kappa shape index (κ1) is 13.7. The highest BCUT2D eigenvalue weighted by Crippen LogP contribution is 2.17. The minimum atomic E-state index is -0.859. The highest BCUT2D eigenvalue weighted by molar-refractivity contribution is 7.84. The number of hydrogen-bond acceptors (Lipinski definition) is 3. The third-order valence-electron chi connectivity index (χ3n) is 2.56. The first-order chi connectivity index (χ1) is 8.06. The van der Waals surface area contributed by atoms with Crippen LogP contribution in [-0.2, 0) is 10.8 Å². The van der Waals surface area contributed by atoms with Crippen LogP contribution in [0.25, 0.3) is 0 Å². The maximum Gasteiger partial charge on any atom is 0.143 e. The van der Waals surface area contributed by atoms with Gasteiger partial charge in [-0.15, -0.1) is 0 Å². The molecule has 5 heteroatoms. The highest BCUT2D eigenvalue weighted by atomic mass is 32.2. The summed E-state index contributed by atoms with van der Waals surface area (Å²) in [6.45, 7) is 2.47. The summed E-state index contributed by atoms with van der Waals surface area (Å²) in [5.41, 5.74) is 0.513. The highest BCUT2D eigenvalue weighted by Gasteiger charge is 2.09. The molecular weight excluding hydrogens is 239 g/mol. The zero-order valence-corrected chi connectivity index (χ0v) is 10.7. The Hall–Kier alpha value is -1.41. The van der Waals surface area contributed by atoms with Crippen LogP contribution in [-0.4, -0.2) is 22.3 Å². The monoisotopic (exact) mass is 254 g/mol. The average Bonchev–Trinajstić information content (AvgIpc) is 2.29. The molecule has 0 aliphatic rings. The second-order valence-corrected chi connectivity index (χ2v) is 5.60. The molecule has 0 bridgehead atoms. The Kier molecular flexibility index (Phi) is 5.11. The normalized spacial score (nSPS) is 13.8. The number of halogens is 1. The number of nitrogens with one attached hydrogen (secondary N) is 1. The van der Waals surface area contributed by atoms with Crippen LogP contribution in [0, 0.1) is 17.1 Å². The van der Waals surface area contributed by atoms with E-state index in [9.17, 15) is 8.60 Å². The Labute approximate surface area is 103 Å². The Balaban J connectivity index is 2.62. The van der Waals surface area contributed by atoms with Crippen molar-refractivity contribution in [1.82, 2.24) is 0 Å². The van der Waals surface area contributed by atoms with Crippen LogP contribution in [0.2, 0.25) is 0 Å². The first-order valence-electron chi connectivity index (χ1n) is 5.31. The third-order valence-corrected chi connectivity index (χ3v) is 3.93. The molecule has 0 aliphatic carbocycles. The first-order valence-corrected chi connectivity index (χ1v) is 6.93. The molecule has 0 aromatic heterocycles. The molecule has 2 unspecified atom stereocenters. The fourth-order valence-corrected chi connectivity index (χ4v) is 1.81. The molecule has 0 fully saturated rings. The lowest BCUT2D eigenvalue weighted by Gasteiger charge is -2.11. The van der Waals surface area contributed by atoms with Gasteiger partial charge < -0.3 is 5.32 Å². The van der Waals surface area contributed by atoms with E-state index in [1.54, 1.807) is 18.4 Å².